The first-order chi connectivity index (χ1) is 28.5. The summed E-state index contributed by atoms with van der Waals surface area (Å²) in [6.07, 6.45) is 7.58. The summed E-state index contributed by atoms with van der Waals surface area (Å²) in [7, 11) is -4.02. The van der Waals surface area contributed by atoms with E-state index in [-0.39, 0.29) is 23.5 Å². The van der Waals surface area contributed by atoms with Gasteiger partial charge >= 0.3 is 17.9 Å². The van der Waals surface area contributed by atoms with Gasteiger partial charge in [-0.3, -0.25) is 9.36 Å². The molecule has 0 radical (unpaired) electrons. The molecule has 0 bridgehead atoms. The van der Waals surface area contributed by atoms with Gasteiger partial charge in [-0.25, -0.2) is 4.79 Å². The van der Waals surface area contributed by atoms with Crippen LogP contribution in [0, 0.1) is 0 Å². The van der Waals surface area contributed by atoms with Crippen LogP contribution in [0.25, 0.3) is 0 Å². The van der Waals surface area contributed by atoms with Gasteiger partial charge < -0.3 is 34.1 Å². The lowest BCUT2D eigenvalue weighted by Crippen LogP contribution is -2.61. The molecule has 1 aliphatic rings. The van der Waals surface area contributed by atoms with Crippen LogP contribution in [0.3, 0.4) is 0 Å². The first kappa shape index (κ1) is 50.6. The maximum atomic E-state index is 15.2. The number of rotatable bonds is 31. The molecule has 3 N–H and O–H groups in total. The number of aliphatic hydroxyl groups is 3. The second-order valence-electron chi connectivity index (χ2n) is 16.0. The predicted molar refractivity (Wildman–Crippen MR) is 226 cm³/mol. The lowest BCUT2D eigenvalue weighted by atomic mass is 9.99. The molecule has 0 aromatic heterocycles. The number of carbonyl (C=O) groups is 2. The van der Waals surface area contributed by atoms with E-state index < -0.39 is 81.5 Å². The Bertz CT molecular complexity index is 1440. The highest BCUT2D eigenvalue weighted by atomic mass is 31.2. The zero-order valence-electron chi connectivity index (χ0n) is 35.4. The average Bonchev–Trinajstić information content (AvgIpc) is 3.23. The van der Waals surface area contributed by atoms with E-state index in [0.717, 1.165) is 64.2 Å². The number of unbranched alkanes of at least 4 members (excludes halogenated alkanes) is 17. The van der Waals surface area contributed by atoms with Crippen LogP contribution in [0.1, 0.15) is 155 Å². The quantitative estimate of drug-likeness (QED) is 0.0381. The SMILES string of the molecule is CCCCCCCCCCCCC(F)(F)C(=O)O[C@H](CCCCCCCCCCC)CC(=O)O[C@H]1[C@H](OP(=O)(c2ccccc2)c2ccccc2)[C@@H](CO)OC(O)[C@@H]1O. The van der Waals surface area contributed by atoms with Crippen LogP contribution in [-0.4, -0.2) is 76.6 Å². The maximum absolute atomic E-state index is 15.2. The van der Waals surface area contributed by atoms with E-state index >= 15 is 8.78 Å². The largest absolute Gasteiger partial charge is 0.457 e. The highest BCUT2D eigenvalue weighted by Gasteiger charge is 2.51. The molecule has 1 saturated heterocycles. The first-order valence-electron chi connectivity index (χ1n) is 22.3. The van der Waals surface area contributed by atoms with Crippen molar-refractivity contribution < 1.29 is 57.0 Å². The fourth-order valence-electron chi connectivity index (χ4n) is 7.45. The summed E-state index contributed by atoms with van der Waals surface area (Å²) in [4.78, 5) is 26.6. The van der Waals surface area contributed by atoms with Crippen LogP contribution in [0.15, 0.2) is 60.7 Å². The Morgan fingerprint density at radius 3 is 1.64 bits per heavy atom. The van der Waals surface area contributed by atoms with Crippen LogP contribution in [-0.2, 0) is 32.9 Å². The fourth-order valence-corrected chi connectivity index (χ4v) is 9.72. The lowest BCUT2D eigenvalue weighted by Gasteiger charge is -2.43. The molecule has 1 aliphatic heterocycles. The summed E-state index contributed by atoms with van der Waals surface area (Å²) in [6.45, 7) is 3.57. The molecule has 1 unspecified atom stereocenters. The minimum atomic E-state index is -4.02. The maximum Gasteiger partial charge on any atom is 0.377 e. The fraction of sp³-hybridized carbons (Fsp3) is 0.696. The van der Waals surface area contributed by atoms with Crippen LogP contribution < -0.4 is 10.6 Å². The number of carbonyl (C=O) groups excluding carboxylic acids is 2. The summed E-state index contributed by atoms with van der Waals surface area (Å²) in [5.41, 5.74) is 0. The van der Waals surface area contributed by atoms with Gasteiger partial charge in [0.05, 0.1) is 13.0 Å². The number of aliphatic hydroxyl groups excluding tert-OH is 3. The topological polar surface area (TPSA) is 149 Å². The molecule has 0 spiro atoms. The molecule has 1 heterocycles. The Morgan fingerprint density at radius 2 is 1.17 bits per heavy atom. The van der Waals surface area contributed by atoms with Gasteiger partial charge in [0.25, 0.3) is 7.37 Å². The number of alkyl halides is 2. The van der Waals surface area contributed by atoms with E-state index in [0.29, 0.717) is 12.8 Å². The Morgan fingerprint density at radius 1 is 0.712 bits per heavy atom. The van der Waals surface area contributed by atoms with Crippen LogP contribution in [0.2, 0.25) is 0 Å². The van der Waals surface area contributed by atoms with Crippen molar-refractivity contribution >= 4 is 29.9 Å². The molecule has 0 saturated carbocycles. The van der Waals surface area contributed by atoms with Crippen molar-refractivity contribution in [2.75, 3.05) is 6.61 Å². The molecule has 59 heavy (non-hydrogen) atoms. The molecule has 13 heteroatoms. The summed E-state index contributed by atoms with van der Waals surface area (Å²) < 4.78 is 67.9. The van der Waals surface area contributed by atoms with Gasteiger partial charge in [0, 0.05) is 17.0 Å². The second-order valence-corrected chi connectivity index (χ2v) is 18.3. The van der Waals surface area contributed by atoms with Crippen molar-refractivity contribution in [1.29, 1.82) is 0 Å². The van der Waals surface area contributed by atoms with Gasteiger partial charge in [-0.1, -0.05) is 159 Å². The molecule has 1 fully saturated rings. The predicted octanol–water partition coefficient (Wildman–Crippen LogP) is 9.45. The molecular weight excluding hydrogens is 781 g/mol. The first-order valence-corrected chi connectivity index (χ1v) is 23.9. The van der Waals surface area contributed by atoms with E-state index in [1.54, 1.807) is 60.7 Å². The molecule has 0 amide bonds. The van der Waals surface area contributed by atoms with E-state index in [9.17, 15) is 29.5 Å². The zero-order valence-corrected chi connectivity index (χ0v) is 36.3. The molecule has 2 aromatic rings. The number of hydrogen-bond acceptors (Lipinski definition) is 10. The van der Waals surface area contributed by atoms with Crippen molar-refractivity contribution in [2.45, 2.75) is 198 Å². The third-order valence-corrected chi connectivity index (χ3v) is 13.5. The monoisotopic (exact) mass is 852 g/mol. The Hall–Kier alpha value is -2.73. The normalized spacial score (nSPS) is 20.3. The summed E-state index contributed by atoms with van der Waals surface area (Å²) in [5, 5.41) is 32.5. The zero-order chi connectivity index (χ0) is 42.9. The Kier molecular flexibility index (Phi) is 24.0. The molecule has 0 aliphatic carbocycles. The van der Waals surface area contributed by atoms with Gasteiger partial charge in [0.2, 0.25) is 0 Å². The summed E-state index contributed by atoms with van der Waals surface area (Å²) >= 11 is 0. The van der Waals surface area contributed by atoms with Crippen molar-refractivity contribution in [3.8, 4) is 0 Å². The third kappa shape index (κ3) is 17.6. The van der Waals surface area contributed by atoms with E-state index in [4.69, 9.17) is 18.7 Å². The minimum Gasteiger partial charge on any atom is -0.457 e. The number of hydrogen-bond donors (Lipinski definition) is 3. The third-order valence-electron chi connectivity index (χ3n) is 11.0. The van der Waals surface area contributed by atoms with E-state index in [1.807, 2.05) is 0 Å². The van der Waals surface area contributed by atoms with Crippen molar-refractivity contribution in [3.63, 3.8) is 0 Å². The standard InChI is InChI=1S/C46H71F2O10P/c1-3-5-7-9-11-13-15-17-19-27-33-46(47,48)45(53)55-36(28-22-18-16-14-12-10-8-6-4-2)34-40(50)57-43-41(51)44(52)56-39(35-49)42(43)58-59(54,37-29-23-20-24-30-37)38-31-25-21-26-32-38/h20-21,23-26,29-32,36,39,41-44,49,51-52H,3-19,22,27-28,33-35H2,1-2H3/t36-,39-,41-,42-,43-,44?/m1/s1. The smallest absolute Gasteiger partial charge is 0.377 e. The molecular formula is C46H71F2O10P. The van der Waals surface area contributed by atoms with Gasteiger partial charge in [-0.15, -0.1) is 0 Å². The number of esters is 2. The minimum absolute atomic E-state index is 0.125. The number of benzene rings is 2. The van der Waals surface area contributed by atoms with E-state index in [1.165, 1.54) is 38.5 Å². The Balaban J connectivity index is 1.71. The van der Waals surface area contributed by atoms with Gasteiger partial charge in [-0.2, -0.15) is 8.78 Å². The Labute approximate surface area is 351 Å². The van der Waals surface area contributed by atoms with Crippen LogP contribution >= 0.6 is 7.37 Å². The van der Waals surface area contributed by atoms with Crippen LogP contribution in [0.4, 0.5) is 8.78 Å². The average molecular weight is 853 g/mol. The van der Waals surface area contributed by atoms with E-state index in [2.05, 4.69) is 13.8 Å². The second kappa shape index (κ2) is 28.0. The highest BCUT2D eigenvalue weighted by molar-refractivity contribution is 7.74. The molecule has 10 nitrogen and oxygen atoms in total. The van der Waals surface area contributed by atoms with Gasteiger partial charge in [0.15, 0.2) is 12.4 Å². The van der Waals surface area contributed by atoms with Crippen molar-refractivity contribution in [1.82, 2.24) is 0 Å². The van der Waals surface area contributed by atoms with Gasteiger partial charge in [0.1, 0.15) is 24.4 Å². The van der Waals surface area contributed by atoms with Crippen LogP contribution in [0.5, 0.6) is 0 Å². The highest BCUT2D eigenvalue weighted by Crippen LogP contribution is 2.48. The molecule has 6 atom stereocenters. The number of ether oxygens (including phenoxy) is 3. The molecule has 2 aromatic carbocycles. The summed E-state index contributed by atoms with van der Waals surface area (Å²) in [6, 6.07) is 16.5. The number of halogens is 2. The lowest BCUT2D eigenvalue weighted by molar-refractivity contribution is -0.285. The molecule has 334 valence electrons. The van der Waals surface area contributed by atoms with Crippen molar-refractivity contribution in [2.24, 2.45) is 0 Å². The van der Waals surface area contributed by atoms with Crippen molar-refractivity contribution in [3.05, 3.63) is 60.7 Å². The summed E-state index contributed by atoms with van der Waals surface area (Å²) in [5.74, 6) is -6.48. The van der Waals surface area contributed by atoms with Gasteiger partial charge in [-0.05, 0) is 43.5 Å². The molecule has 3 rings (SSSR count).